The molecule has 1 aliphatic rings. The van der Waals surface area contributed by atoms with Gasteiger partial charge in [0.25, 0.3) is 0 Å². The molecule has 3 nitrogen and oxygen atoms in total. The van der Waals surface area contributed by atoms with E-state index < -0.39 is 0 Å². The summed E-state index contributed by atoms with van der Waals surface area (Å²) in [7, 11) is 0. The Bertz CT molecular complexity index is 532. The molecule has 0 saturated heterocycles. The first-order chi connectivity index (χ1) is 8.74. The first-order valence-corrected chi connectivity index (χ1v) is 7.19. The number of aromatic nitrogens is 1. The Morgan fingerprint density at radius 2 is 2.22 bits per heavy atom. The summed E-state index contributed by atoms with van der Waals surface area (Å²) in [6, 6.07) is 6.71. The number of pyridine rings is 1. The van der Waals surface area contributed by atoms with E-state index in [2.05, 4.69) is 26.7 Å². The van der Waals surface area contributed by atoms with Crippen molar-refractivity contribution in [2.75, 3.05) is 10.6 Å². The Labute approximate surface area is 111 Å². The Kier molecular flexibility index (Phi) is 2.96. The van der Waals surface area contributed by atoms with E-state index in [0.29, 0.717) is 6.04 Å². The van der Waals surface area contributed by atoms with Crippen molar-refractivity contribution in [3.8, 4) is 0 Å². The molecule has 1 fully saturated rings. The number of thiophene rings is 1. The molecule has 0 spiro atoms. The number of anilines is 2. The molecule has 0 unspecified atom stereocenters. The summed E-state index contributed by atoms with van der Waals surface area (Å²) >= 11 is 1.74. The van der Waals surface area contributed by atoms with Crippen LogP contribution < -0.4 is 10.6 Å². The highest BCUT2D eigenvalue weighted by molar-refractivity contribution is 7.07. The fraction of sp³-hybridized carbons (Fsp3) is 0.357. The Morgan fingerprint density at radius 1 is 1.39 bits per heavy atom. The summed E-state index contributed by atoms with van der Waals surface area (Å²) in [5.74, 6) is 0.948. The van der Waals surface area contributed by atoms with Crippen molar-refractivity contribution in [1.29, 1.82) is 0 Å². The van der Waals surface area contributed by atoms with Crippen LogP contribution in [0.25, 0.3) is 0 Å². The van der Waals surface area contributed by atoms with Crippen LogP contribution in [-0.4, -0.2) is 11.0 Å². The van der Waals surface area contributed by atoms with Crippen molar-refractivity contribution in [3.05, 3.63) is 40.2 Å². The van der Waals surface area contributed by atoms with Crippen molar-refractivity contribution >= 4 is 22.8 Å². The molecule has 2 aromatic heterocycles. The zero-order chi connectivity index (χ0) is 12.5. The van der Waals surface area contributed by atoms with Crippen LogP contribution in [-0.2, 0) is 6.54 Å². The smallest absolute Gasteiger partial charge is 0.152 e. The maximum Gasteiger partial charge on any atom is 0.152 e. The molecule has 0 aromatic carbocycles. The normalized spacial score (nSPS) is 14.7. The molecule has 1 saturated carbocycles. The number of rotatable bonds is 4. The van der Waals surface area contributed by atoms with Crippen molar-refractivity contribution in [1.82, 2.24) is 4.98 Å². The summed E-state index contributed by atoms with van der Waals surface area (Å²) in [5.41, 5.74) is 9.23. The Morgan fingerprint density at radius 3 is 2.89 bits per heavy atom. The average Bonchev–Trinajstić information content (AvgIpc) is 3.07. The third-order valence-electron chi connectivity index (χ3n) is 3.24. The number of nitrogen functional groups attached to an aromatic ring is 1. The van der Waals surface area contributed by atoms with Crippen LogP contribution in [0.2, 0.25) is 0 Å². The summed E-state index contributed by atoms with van der Waals surface area (Å²) in [5, 5.41) is 4.31. The topological polar surface area (TPSA) is 42.1 Å². The average molecular weight is 259 g/mol. The van der Waals surface area contributed by atoms with E-state index in [1.54, 1.807) is 11.3 Å². The lowest BCUT2D eigenvalue weighted by molar-refractivity contribution is 0.779. The largest absolute Gasteiger partial charge is 0.396 e. The van der Waals surface area contributed by atoms with Crippen LogP contribution in [0.3, 0.4) is 0 Å². The van der Waals surface area contributed by atoms with Crippen molar-refractivity contribution in [3.63, 3.8) is 0 Å². The van der Waals surface area contributed by atoms with Crippen LogP contribution in [0.5, 0.6) is 0 Å². The van der Waals surface area contributed by atoms with E-state index in [-0.39, 0.29) is 0 Å². The van der Waals surface area contributed by atoms with Gasteiger partial charge in [-0.25, -0.2) is 4.98 Å². The first-order valence-electron chi connectivity index (χ1n) is 6.25. The minimum absolute atomic E-state index is 0.612. The van der Waals surface area contributed by atoms with Gasteiger partial charge in [-0.15, -0.1) is 0 Å². The summed E-state index contributed by atoms with van der Waals surface area (Å²) in [4.78, 5) is 6.97. The van der Waals surface area contributed by atoms with Crippen molar-refractivity contribution in [2.24, 2.45) is 0 Å². The maximum atomic E-state index is 6.08. The van der Waals surface area contributed by atoms with E-state index in [1.165, 1.54) is 18.4 Å². The second-order valence-corrected chi connectivity index (χ2v) is 5.64. The molecule has 0 radical (unpaired) electrons. The fourth-order valence-electron chi connectivity index (χ4n) is 2.13. The number of nitrogens with zero attached hydrogens (tertiary/aromatic N) is 2. The number of hydrogen-bond acceptors (Lipinski definition) is 4. The van der Waals surface area contributed by atoms with E-state index in [0.717, 1.165) is 23.7 Å². The highest BCUT2D eigenvalue weighted by Crippen LogP contribution is 2.35. The second-order valence-electron chi connectivity index (χ2n) is 4.86. The minimum Gasteiger partial charge on any atom is -0.396 e. The van der Waals surface area contributed by atoms with Gasteiger partial charge in [0.1, 0.15) is 0 Å². The molecule has 4 heteroatoms. The van der Waals surface area contributed by atoms with E-state index >= 15 is 0 Å². The predicted octanol–water partition coefficient (Wildman–Crippen LogP) is 3.20. The first kappa shape index (κ1) is 11.5. The van der Waals surface area contributed by atoms with Gasteiger partial charge >= 0.3 is 0 Å². The van der Waals surface area contributed by atoms with Gasteiger partial charge in [0.05, 0.1) is 5.69 Å². The molecule has 94 valence electrons. The van der Waals surface area contributed by atoms with E-state index in [1.807, 2.05) is 19.1 Å². The van der Waals surface area contributed by atoms with E-state index in [4.69, 9.17) is 5.73 Å². The molecule has 2 N–H and O–H groups in total. The van der Waals surface area contributed by atoms with Gasteiger partial charge in [-0.2, -0.15) is 11.3 Å². The fourth-order valence-corrected chi connectivity index (χ4v) is 2.79. The highest BCUT2D eigenvalue weighted by atomic mass is 32.1. The Balaban J connectivity index is 1.91. The summed E-state index contributed by atoms with van der Waals surface area (Å²) in [6.07, 6.45) is 2.50. The standard InChI is InChI=1S/C14H17N3S/c1-10-2-5-13(15)14(16-10)17(12-3-4-12)8-11-6-7-18-9-11/h2,5-7,9,12H,3-4,8,15H2,1H3. The third kappa shape index (κ3) is 2.34. The van der Waals surface area contributed by atoms with Gasteiger partial charge in [0.15, 0.2) is 5.82 Å². The van der Waals surface area contributed by atoms with Gasteiger partial charge in [-0.3, -0.25) is 0 Å². The number of hydrogen-bond donors (Lipinski definition) is 1. The van der Waals surface area contributed by atoms with Crippen molar-refractivity contribution in [2.45, 2.75) is 32.4 Å². The van der Waals surface area contributed by atoms with Crippen molar-refractivity contribution < 1.29 is 0 Å². The molecular weight excluding hydrogens is 242 g/mol. The van der Waals surface area contributed by atoms with Gasteiger partial charge < -0.3 is 10.6 Å². The van der Waals surface area contributed by atoms with Gasteiger partial charge in [0.2, 0.25) is 0 Å². The van der Waals surface area contributed by atoms with Crippen LogP contribution in [0.15, 0.2) is 29.0 Å². The van der Waals surface area contributed by atoms with E-state index in [9.17, 15) is 0 Å². The molecule has 3 rings (SSSR count). The Hall–Kier alpha value is -1.55. The lowest BCUT2D eigenvalue weighted by Gasteiger charge is -2.24. The van der Waals surface area contributed by atoms with Crippen LogP contribution >= 0.6 is 11.3 Å². The molecule has 0 atom stereocenters. The van der Waals surface area contributed by atoms with Crippen LogP contribution in [0.4, 0.5) is 11.5 Å². The molecule has 1 aliphatic carbocycles. The van der Waals surface area contributed by atoms with Crippen LogP contribution in [0, 0.1) is 6.92 Å². The molecule has 2 aromatic rings. The van der Waals surface area contributed by atoms with Gasteiger partial charge in [-0.05, 0) is 54.3 Å². The quantitative estimate of drug-likeness (QED) is 0.916. The second kappa shape index (κ2) is 4.61. The molecule has 0 amide bonds. The molecule has 2 heterocycles. The molecule has 18 heavy (non-hydrogen) atoms. The molecular formula is C14H17N3S. The molecule has 0 bridgehead atoms. The zero-order valence-corrected chi connectivity index (χ0v) is 11.3. The number of nitrogens with two attached hydrogens (primary N) is 1. The summed E-state index contributed by atoms with van der Waals surface area (Å²) in [6.45, 7) is 2.92. The highest BCUT2D eigenvalue weighted by Gasteiger charge is 2.31. The lowest BCUT2D eigenvalue weighted by Crippen LogP contribution is -2.27. The summed E-state index contributed by atoms with van der Waals surface area (Å²) < 4.78 is 0. The number of aryl methyl sites for hydroxylation is 1. The SMILES string of the molecule is Cc1ccc(N)c(N(Cc2ccsc2)C2CC2)n1. The maximum absolute atomic E-state index is 6.08. The van der Waals surface area contributed by atoms with Crippen LogP contribution in [0.1, 0.15) is 24.1 Å². The van der Waals surface area contributed by atoms with Gasteiger partial charge in [0, 0.05) is 18.3 Å². The molecule has 0 aliphatic heterocycles. The zero-order valence-electron chi connectivity index (χ0n) is 10.5. The monoisotopic (exact) mass is 259 g/mol. The van der Waals surface area contributed by atoms with Gasteiger partial charge in [-0.1, -0.05) is 0 Å². The third-order valence-corrected chi connectivity index (χ3v) is 3.97. The minimum atomic E-state index is 0.612. The predicted molar refractivity (Wildman–Crippen MR) is 76.9 cm³/mol. The lowest BCUT2D eigenvalue weighted by atomic mass is 10.2.